The van der Waals surface area contributed by atoms with E-state index in [0.717, 1.165) is 14.9 Å². The number of aryl methyl sites for hydroxylation is 1. The van der Waals surface area contributed by atoms with Crippen LogP contribution in [0.15, 0.2) is 76.3 Å². The van der Waals surface area contributed by atoms with Crippen molar-refractivity contribution < 1.29 is 19.0 Å². The zero-order valence-electron chi connectivity index (χ0n) is 21.6. The van der Waals surface area contributed by atoms with Crippen LogP contribution in [-0.2, 0) is 4.79 Å². The molecule has 0 fully saturated rings. The first-order valence-corrected chi connectivity index (χ1v) is 14.6. The monoisotopic (exact) mass is 686 g/mol. The molecule has 0 bridgehead atoms. The van der Waals surface area contributed by atoms with Gasteiger partial charge in [-0.1, -0.05) is 41.9 Å². The predicted octanol–water partition coefficient (Wildman–Crippen LogP) is 6.78. The number of benzene rings is 3. The fourth-order valence-corrected chi connectivity index (χ4v) is 5.98. The van der Waals surface area contributed by atoms with E-state index in [1.165, 1.54) is 16.8 Å². The van der Waals surface area contributed by atoms with E-state index >= 15 is 0 Å². The zero-order chi connectivity index (χ0) is 28.2. The first-order valence-electron chi connectivity index (χ1n) is 12.4. The highest BCUT2D eigenvalue weighted by Crippen LogP contribution is 2.37. The number of amides is 1. The maximum absolute atomic E-state index is 13.0. The Kier molecular flexibility index (Phi) is 8.77. The van der Waals surface area contributed by atoms with E-state index < -0.39 is 5.91 Å². The molecule has 1 N–H and O–H groups in total. The average molecular weight is 687 g/mol. The number of nitrogens with one attached hydrogen (secondary N) is 1. The molecule has 0 aromatic heterocycles. The largest absolute Gasteiger partial charge is 0.490 e. The summed E-state index contributed by atoms with van der Waals surface area (Å²) >= 11 is 9.71. The van der Waals surface area contributed by atoms with Crippen LogP contribution in [0.4, 0.5) is 0 Å². The summed E-state index contributed by atoms with van der Waals surface area (Å²) in [7, 11) is 0. The van der Waals surface area contributed by atoms with Gasteiger partial charge in [0.1, 0.15) is 24.0 Å². The molecule has 0 spiro atoms. The number of rotatable bonds is 9. The molecular weight excluding hydrogens is 663 g/mol. The van der Waals surface area contributed by atoms with Crippen LogP contribution >= 0.6 is 46.0 Å². The lowest BCUT2D eigenvalue weighted by Gasteiger charge is -2.20. The number of hydrazone groups is 1. The summed E-state index contributed by atoms with van der Waals surface area (Å²) in [5, 5.41) is 16.0. The van der Waals surface area contributed by atoms with Gasteiger partial charge >= 0.3 is 0 Å². The second-order valence-electron chi connectivity index (χ2n) is 8.68. The summed E-state index contributed by atoms with van der Waals surface area (Å²) in [6, 6.07) is 18.8. The van der Waals surface area contributed by atoms with Crippen LogP contribution in [0.3, 0.4) is 0 Å². The van der Waals surface area contributed by atoms with Crippen LogP contribution in [0.25, 0.3) is 6.08 Å². The van der Waals surface area contributed by atoms with Gasteiger partial charge in [0.25, 0.3) is 5.91 Å². The minimum atomic E-state index is -0.513. The van der Waals surface area contributed by atoms with Crippen molar-refractivity contribution in [3.05, 3.63) is 91.5 Å². The Morgan fingerprint density at radius 1 is 1.07 bits per heavy atom. The number of carbonyl (C=O) groups is 1. The lowest BCUT2D eigenvalue weighted by molar-refractivity contribution is -0.114. The third-order valence-corrected chi connectivity index (χ3v) is 7.86. The molecular formula is C29H24ClIN4O4S. The number of ether oxygens (including phenoxy) is 3. The minimum absolute atomic E-state index is 0.0638. The van der Waals surface area contributed by atoms with E-state index in [-0.39, 0.29) is 11.4 Å². The van der Waals surface area contributed by atoms with Crippen molar-refractivity contribution in [2.75, 3.05) is 19.8 Å². The fraction of sp³-hybridized carbons (Fsp3) is 0.172. The van der Waals surface area contributed by atoms with Crippen LogP contribution in [0.1, 0.15) is 23.6 Å². The number of thioether (sulfide) groups is 1. The molecule has 2 aliphatic heterocycles. The summed E-state index contributed by atoms with van der Waals surface area (Å²) in [4.78, 5) is 17.1. The van der Waals surface area contributed by atoms with Crippen molar-refractivity contribution in [1.29, 1.82) is 5.41 Å². The Hall–Kier alpha value is -3.35. The second-order valence-corrected chi connectivity index (χ2v) is 11.2. The summed E-state index contributed by atoms with van der Waals surface area (Å²) in [5.74, 6) is 1.33. The van der Waals surface area contributed by atoms with E-state index in [4.69, 9.17) is 31.2 Å². The number of nitrogens with zero attached hydrogens (tertiary/aromatic N) is 3. The summed E-state index contributed by atoms with van der Waals surface area (Å²) in [6.07, 6.45) is 1.62. The second kappa shape index (κ2) is 12.4. The quantitative estimate of drug-likeness (QED) is 0.152. The van der Waals surface area contributed by atoms with E-state index in [1.807, 2.05) is 62.4 Å². The normalized spacial score (nSPS) is 15.6. The Morgan fingerprint density at radius 2 is 1.88 bits per heavy atom. The van der Waals surface area contributed by atoms with Crippen molar-refractivity contribution in [3.63, 3.8) is 0 Å². The molecule has 3 aromatic rings. The molecule has 0 radical (unpaired) electrons. The molecule has 0 unspecified atom stereocenters. The Bertz CT molecular complexity index is 1590. The van der Waals surface area contributed by atoms with E-state index in [9.17, 15) is 4.79 Å². The Morgan fingerprint density at radius 3 is 2.65 bits per heavy atom. The van der Waals surface area contributed by atoms with Crippen molar-refractivity contribution in [2.24, 2.45) is 10.1 Å². The Balaban J connectivity index is 1.35. The van der Waals surface area contributed by atoms with Gasteiger partial charge in [0.2, 0.25) is 5.17 Å². The number of hydrogen-bond donors (Lipinski definition) is 1. The average Bonchev–Trinajstić information content (AvgIpc) is 3.34. The van der Waals surface area contributed by atoms with Crippen LogP contribution in [-0.4, -0.2) is 46.8 Å². The summed E-state index contributed by atoms with van der Waals surface area (Å²) < 4.78 is 18.5. The molecule has 2 heterocycles. The third kappa shape index (κ3) is 6.18. The summed E-state index contributed by atoms with van der Waals surface area (Å²) in [6.45, 7) is 5.02. The molecule has 5 rings (SSSR count). The highest BCUT2D eigenvalue weighted by Gasteiger charge is 2.36. The first-order chi connectivity index (χ1) is 19.3. The van der Waals surface area contributed by atoms with Gasteiger partial charge < -0.3 is 14.2 Å². The van der Waals surface area contributed by atoms with Crippen molar-refractivity contribution >= 4 is 74.0 Å². The molecule has 0 saturated carbocycles. The van der Waals surface area contributed by atoms with Gasteiger partial charge in [-0.15, -0.1) is 0 Å². The molecule has 0 atom stereocenters. The third-order valence-electron chi connectivity index (χ3n) is 5.79. The number of amidine groups is 2. The maximum atomic E-state index is 13.0. The van der Waals surface area contributed by atoms with Crippen LogP contribution < -0.4 is 14.2 Å². The molecule has 0 aliphatic carbocycles. The molecule has 0 saturated heterocycles. The van der Waals surface area contributed by atoms with E-state index in [2.05, 4.69) is 32.7 Å². The van der Waals surface area contributed by atoms with Crippen LogP contribution in [0, 0.1) is 15.9 Å². The van der Waals surface area contributed by atoms with Gasteiger partial charge in [-0.25, -0.2) is 0 Å². The van der Waals surface area contributed by atoms with Gasteiger partial charge in [0.15, 0.2) is 17.3 Å². The van der Waals surface area contributed by atoms with E-state index in [0.29, 0.717) is 57.7 Å². The number of hydrogen-bond acceptors (Lipinski definition) is 7. The lowest BCUT2D eigenvalue weighted by Crippen LogP contribution is -2.35. The Labute approximate surface area is 254 Å². The molecule has 3 aromatic carbocycles. The van der Waals surface area contributed by atoms with Gasteiger partial charge in [-0.2, -0.15) is 15.1 Å². The van der Waals surface area contributed by atoms with Gasteiger partial charge in [-0.3, -0.25) is 10.2 Å². The van der Waals surface area contributed by atoms with Gasteiger partial charge in [0, 0.05) is 5.56 Å². The molecule has 1 amide bonds. The molecule has 40 heavy (non-hydrogen) atoms. The van der Waals surface area contributed by atoms with Gasteiger partial charge in [0.05, 0.1) is 20.8 Å². The highest BCUT2D eigenvalue weighted by molar-refractivity contribution is 14.1. The number of halogens is 2. The molecule has 204 valence electrons. The number of fused-ring (bicyclic) bond motifs is 1. The van der Waals surface area contributed by atoms with Crippen molar-refractivity contribution in [3.8, 4) is 17.2 Å². The lowest BCUT2D eigenvalue weighted by atomic mass is 10.1. The van der Waals surface area contributed by atoms with Crippen molar-refractivity contribution in [1.82, 2.24) is 5.01 Å². The summed E-state index contributed by atoms with van der Waals surface area (Å²) in [5.41, 5.74) is 2.63. The minimum Gasteiger partial charge on any atom is -0.490 e. The zero-order valence-corrected chi connectivity index (χ0v) is 25.3. The first kappa shape index (κ1) is 28.2. The number of carbonyl (C=O) groups excluding carboxylic acids is 1. The predicted molar refractivity (Wildman–Crippen MR) is 168 cm³/mol. The topological polar surface area (TPSA) is 96.6 Å². The molecule has 8 nitrogen and oxygen atoms in total. The standard InChI is InChI=1S/C29H24ClIN4O4S/c1-3-37-24-16-18(15-23(31)25(24)39-12-11-38-19-8-6-7-17(2)13-19)14-21-26(32)35-29(33-27(21)36)40-28(34-35)20-9-4-5-10-22(20)30/h4-10,13-16,32H,3,11-12H2,1-2H3/b21-14-,32-26?. The highest BCUT2D eigenvalue weighted by atomic mass is 127. The molecule has 11 heteroatoms. The van der Waals surface area contributed by atoms with Gasteiger partial charge in [-0.05, 0) is 95.7 Å². The SMILES string of the molecule is CCOc1cc(/C=C2/C(=N)N3N=C(c4ccccc4Cl)SC3=NC2=O)cc(I)c1OCCOc1cccc(C)c1. The van der Waals surface area contributed by atoms with E-state index in [1.54, 1.807) is 18.2 Å². The smallest absolute Gasteiger partial charge is 0.283 e. The van der Waals surface area contributed by atoms with Crippen molar-refractivity contribution in [2.45, 2.75) is 13.8 Å². The molecule has 2 aliphatic rings. The maximum Gasteiger partial charge on any atom is 0.283 e. The number of aliphatic imine (C=N–C) groups is 1. The fourth-order valence-electron chi connectivity index (χ4n) is 3.98. The van der Waals surface area contributed by atoms with Crippen LogP contribution in [0.5, 0.6) is 17.2 Å². The van der Waals surface area contributed by atoms with Crippen LogP contribution in [0.2, 0.25) is 5.02 Å².